The van der Waals surface area contributed by atoms with Crippen molar-refractivity contribution in [3.63, 3.8) is 0 Å². The van der Waals surface area contributed by atoms with Crippen molar-refractivity contribution < 1.29 is 14.3 Å². The Morgan fingerprint density at radius 3 is 3.00 bits per heavy atom. The average molecular weight is 379 g/mol. The van der Waals surface area contributed by atoms with Gasteiger partial charge in [0.2, 0.25) is 0 Å². The number of fused-ring (bicyclic) bond motifs is 2. The van der Waals surface area contributed by atoms with Crippen LogP contribution in [0.3, 0.4) is 0 Å². The summed E-state index contributed by atoms with van der Waals surface area (Å²) in [7, 11) is 1.92. The molecule has 0 bridgehead atoms. The van der Waals surface area contributed by atoms with Gasteiger partial charge >= 0.3 is 0 Å². The van der Waals surface area contributed by atoms with Gasteiger partial charge in [0.25, 0.3) is 5.91 Å². The molecule has 0 saturated carbocycles. The minimum absolute atomic E-state index is 0.154. The lowest BCUT2D eigenvalue weighted by atomic mass is 9.83. The molecule has 4 heterocycles. The maximum atomic E-state index is 12.9. The van der Waals surface area contributed by atoms with Gasteiger partial charge in [0.05, 0.1) is 23.2 Å². The van der Waals surface area contributed by atoms with E-state index in [1.807, 2.05) is 11.9 Å². The van der Waals surface area contributed by atoms with Crippen molar-refractivity contribution in [2.75, 3.05) is 39.9 Å². The van der Waals surface area contributed by atoms with Crippen molar-refractivity contribution in [2.45, 2.75) is 56.7 Å². The van der Waals surface area contributed by atoms with Crippen molar-refractivity contribution >= 4 is 17.2 Å². The van der Waals surface area contributed by atoms with Crippen molar-refractivity contribution in [3.05, 3.63) is 21.4 Å². The number of hydrogen-bond donors (Lipinski definition) is 1. The molecule has 1 aromatic rings. The van der Waals surface area contributed by atoms with Crippen LogP contribution in [0.5, 0.6) is 0 Å². The normalized spacial score (nSPS) is 24.6. The third-order valence-electron chi connectivity index (χ3n) is 6.02. The first-order chi connectivity index (χ1) is 12.7. The Morgan fingerprint density at radius 1 is 1.38 bits per heavy atom. The molecule has 1 N–H and O–H groups in total. The molecule has 26 heavy (non-hydrogen) atoms. The molecule has 5 nitrogen and oxygen atoms in total. The number of thiophene rings is 1. The van der Waals surface area contributed by atoms with Gasteiger partial charge in [-0.3, -0.25) is 4.79 Å². The van der Waals surface area contributed by atoms with E-state index < -0.39 is 0 Å². The fraction of sp³-hybridized carbons (Fsp3) is 0.750. The van der Waals surface area contributed by atoms with Gasteiger partial charge in [0, 0.05) is 31.5 Å². The molecule has 2 fully saturated rings. The van der Waals surface area contributed by atoms with Crippen molar-refractivity contribution in [1.29, 1.82) is 0 Å². The van der Waals surface area contributed by atoms with E-state index in [2.05, 4.69) is 11.4 Å². The van der Waals surface area contributed by atoms with Gasteiger partial charge in [-0.2, -0.15) is 0 Å². The zero-order valence-corrected chi connectivity index (χ0v) is 16.5. The van der Waals surface area contributed by atoms with Crippen LogP contribution in [-0.4, -0.2) is 56.8 Å². The second-order valence-corrected chi connectivity index (χ2v) is 8.93. The molecule has 3 aliphatic heterocycles. The highest BCUT2D eigenvalue weighted by Crippen LogP contribution is 2.43. The molecule has 1 unspecified atom stereocenters. The Kier molecular flexibility index (Phi) is 5.64. The second-order valence-electron chi connectivity index (χ2n) is 7.79. The number of piperidine rings is 1. The van der Waals surface area contributed by atoms with Crippen LogP contribution in [0.1, 0.15) is 58.6 Å². The lowest BCUT2D eigenvalue weighted by molar-refractivity contribution is -0.0792. The van der Waals surface area contributed by atoms with Crippen LogP contribution in [0.4, 0.5) is 0 Å². The third kappa shape index (κ3) is 3.70. The number of ether oxygens (including phenoxy) is 2. The summed E-state index contributed by atoms with van der Waals surface area (Å²) >= 11 is 1.68. The van der Waals surface area contributed by atoms with E-state index in [0.717, 1.165) is 69.8 Å². The third-order valence-corrected chi connectivity index (χ3v) is 7.20. The SMILES string of the molecule is CN(CCCC1CCCO1)C(=O)c1cc2c(s1)CCOC21CCNCC1. The molecule has 2 saturated heterocycles. The molecule has 0 aromatic carbocycles. The molecule has 1 atom stereocenters. The van der Waals surface area contributed by atoms with Crippen molar-refractivity contribution in [1.82, 2.24) is 10.2 Å². The first-order valence-corrected chi connectivity index (χ1v) is 10.8. The highest BCUT2D eigenvalue weighted by Gasteiger charge is 2.40. The Balaban J connectivity index is 1.40. The standard InChI is InChI=1S/C20H30N2O3S/c1-22(11-2-4-15-5-3-12-24-15)19(23)18-14-16-17(26-18)6-13-25-20(16)7-9-21-10-8-20/h14-15,21H,2-13H2,1H3. The average Bonchev–Trinajstić information content (AvgIpc) is 3.32. The van der Waals surface area contributed by atoms with Crippen LogP contribution in [0.15, 0.2) is 6.07 Å². The topological polar surface area (TPSA) is 50.8 Å². The summed E-state index contributed by atoms with van der Waals surface area (Å²) < 4.78 is 11.9. The number of amides is 1. The van der Waals surface area contributed by atoms with E-state index in [0.29, 0.717) is 6.10 Å². The number of carbonyl (C=O) groups is 1. The maximum Gasteiger partial charge on any atom is 0.263 e. The van der Waals surface area contributed by atoms with Gasteiger partial charge in [-0.1, -0.05) is 0 Å². The van der Waals surface area contributed by atoms with Crippen molar-refractivity contribution in [2.24, 2.45) is 0 Å². The summed E-state index contributed by atoms with van der Waals surface area (Å²) in [5, 5.41) is 3.42. The molecular weight excluding hydrogens is 348 g/mol. The van der Waals surface area contributed by atoms with E-state index in [9.17, 15) is 4.79 Å². The predicted octanol–water partition coefficient (Wildman–Crippen LogP) is 2.93. The van der Waals surface area contributed by atoms with Gasteiger partial charge in [-0.15, -0.1) is 11.3 Å². The molecule has 4 rings (SSSR count). The van der Waals surface area contributed by atoms with E-state index in [1.54, 1.807) is 11.3 Å². The minimum Gasteiger partial charge on any atom is -0.378 e. The number of nitrogens with one attached hydrogen (secondary N) is 1. The Hall–Kier alpha value is -0.950. The van der Waals surface area contributed by atoms with Gasteiger partial charge < -0.3 is 19.7 Å². The van der Waals surface area contributed by atoms with Gasteiger partial charge in [0.15, 0.2) is 0 Å². The maximum absolute atomic E-state index is 12.9. The van der Waals surface area contributed by atoms with Crippen LogP contribution in [0.25, 0.3) is 0 Å². The van der Waals surface area contributed by atoms with Crippen LogP contribution in [-0.2, 0) is 21.5 Å². The van der Waals surface area contributed by atoms with E-state index >= 15 is 0 Å². The monoisotopic (exact) mass is 378 g/mol. The number of nitrogens with zero attached hydrogens (tertiary/aromatic N) is 1. The van der Waals surface area contributed by atoms with Crippen LogP contribution in [0, 0.1) is 0 Å². The number of carbonyl (C=O) groups excluding carboxylic acids is 1. The largest absolute Gasteiger partial charge is 0.378 e. The van der Waals surface area contributed by atoms with Gasteiger partial charge in [-0.05, 0) is 63.2 Å². The molecule has 0 aliphatic carbocycles. The van der Waals surface area contributed by atoms with E-state index in [-0.39, 0.29) is 11.5 Å². The Labute approximate surface area is 160 Å². The first-order valence-electron chi connectivity index (χ1n) is 10.0. The summed E-state index contributed by atoms with van der Waals surface area (Å²) in [4.78, 5) is 17.0. The highest BCUT2D eigenvalue weighted by molar-refractivity contribution is 7.14. The lowest BCUT2D eigenvalue weighted by Crippen LogP contribution is -2.44. The fourth-order valence-corrected chi connectivity index (χ4v) is 5.71. The summed E-state index contributed by atoms with van der Waals surface area (Å²) in [5.74, 6) is 0.154. The van der Waals surface area contributed by atoms with Gasteiger partial charge in [-0.25, -0.2) is 0 Å². The highest BCUT2D eigenvalue weighted by atomic mass is 32.1. The fourth-order valence-electron chi connectivity index (χ4n) is 4.48. The quantitative estimate of drug-likeness (QED) is 0.856. The second kappa shape index (κ2) is 7.97. The Morgan fingerprint density at radius 2 is 2.23 bits per heavy atom. The summed E-state index contributed by atoms with van der Waals surface area (Å²) in [6.45, 7) is 4.45. The summed E-state index contributed by atoms with van der Waals surface area (Å²) in [6.07, 6.45) is 7.77. The lowest BCUT2D eigenvalue weighted by Gasteiger charge is -2.40. The molecule has 1 spiro atoms. The molecule has 1 aromatic heterocycles. The van der Waals surface area contributed by atoms with E-state index in [1.165, 1.54) is 23.3 Å². The summed E-state index contributed by atoms with van der Waals surface area (Å²) in [5.41, 5.74) is 1.12. The van der Waals surface area contributed by atoms with Crippen LogP contribution >= 0.6 is 11.3 Å². The summed E-state index contributed by atoms with van der Waals surface area (Å²) in [6, 6.07) is 2.13. The molecule has 1 amide bonds. The minimum atomic E-state index is -0.160. The van der Waals surface area contributed by atoms with Crippen LogP contribution in [0.2, 0.25) is 0 Å². The predicted molar refractivity (Wildman–Crippen MR) is 103 cm³/mol. The zero-order valence-electron chi connectivity index (χ0n) is 15.7. The van der Waals surface area contributed by atoms with Crippen LogP contribution < -0.4 is 5.32 Å². The van der Waals surface area contributed by atoms with E-state index in [4.69, 9.17) is 9.47 Å². The smallest absolute Gasteiger partial charge is 0.263 e. The van der Waals surface area contributed by atoms with Gasteiger partial charge in [0.1, 0.15) is 0 Å². The molecular formula is C20H30N2O3S. The zero-order chi connectivity index (χ0) is 18.0. The number of rotatable bonds is 5. The molecule has 0 radical (unpaired) electrons. The Bertz CT molecular complexity index is 633. The first kappa shape index (κ1) is 18.4. The molecule has 3 aliphatic rings. The van der Waals surface area contributed by atoms with Crippen molar-refractivity contribution in [3.8, 4) is 0 Å². The molecule has 144 valence electrons. The molecule has 6 heteroatoms. The number of hydrogen-bond acceptors (Lipinski definition) is 5.